The molecule has 86 valence electrons. The molecule has 2 rings (SSSR count). The van der Waals surface area contributed by atoms with Gasteiger partial charge in [-0.05, 0) is 32.1 Å². The highest BCUT2D eigenvalue weighted by Crippen LogP contribution is 2.60. The fourth-order valence-electron chi connectivity index (χ4n) is 4.06. The Labute approximate surface area is 92.8 Å². The van der Waals surface area contributed by atoms with Gasteiger partial charge in [0.25, 0.3) is 0 Å². The molecule has 1 amide bonds. The molecule has 1 spiro atoms. The van der Waals surface area contributed by atoms with E-state index in [0.717, 1.165) is 6.42 Å². The Balaban J connectivity index is 2.42. The fourth-order valence-corrected chi connectivity index (χ4v) is 4.06. The Morgan fingerprint density at radius 2 is 1.67 bits per heavy atom. The van der Waals surface area contributed by atoms with Crippen molar-refractivity contribution >= 4 is 5.91 Å². The van der Waals surface area contributed by atoms with Crippen LogP contribution in [0.25, 0.3) is 0 Å². The topological polar surface area (TPSA) is 29.1 Å². The van der Waals surface area contributed by atoms with Crippen LogP contribution in [0.3, 0.4) is 0 Å². The first-order chi connectivity index (χ1) is 6.81. The molecule has 2 aliphatic rings. The molecule has 0 aromatic rings. The van der Waals surface area contributed by atoms with Crippen molar-refractivity contribution in [1.29, 1.82) is 0 Å². The normalized spacial score (nSPS) is 38.0. The van der Waals surface area contributed by atoms with Crippen molar-refractivity contribution in [3.8, 4) is 0 Å². The van der Waals surface area contributed by atoms with Crippen molar-refractivity contribution in [3.63, 3.8) is 0 Å². The van der Waals surface area contributed by atoms with E-state index in [9.17, 15) is 4.79 Å². The monoisotopic (exact) mass is 209 g/mol. The van der Waals surface area contributed by atoms with Crippen LogP contribution in [0.15, 0.2) is 0 Å². The summed E-state index contributed by atoms with van der Waals surface area (Å²) in [7, 11) is 0. The van der Waals surface area contributed by atoms with E-state index >= 15 is 0 Å². The van der Waals surface area contributed by atoms with Crippen molar-refractivity contribution < 1.29 is 4.79 Å². The Hall–Kier alpha value is -0.530. The molecule has 1 atom stereocenters. The van der Waals surface area contributed by atoms with E-state index in [1.807, 2.05) is 0 Å². The highest BCUT2D eigenvalue weighted by atomic mass is 16.2. The van der Waals surface area contributed by atoms with Crippen LogP contribution in [0, 0.1) is 10.8 Å². The van der Waals surface area contributed by atoms with E-state index in [2.05, 4.69) is 33.0 Å². The average Bonchev–Trinajstić information content (AvgIpc) is 2.29. The van der Waals surface area contributed by atoms with Crippen molar-refractivity contribution in [3.05, 3.63) is 0 Å². The molecule has 15 heavy (non-hydrogen) atoms. The highest BCUT2D eigenvalue weighted by Gasteiger charge is 2.60. The molecule has 0 aromatic heterocycles. The van der Waals surface area contributed by atoms with Gasteiger partial charge < -0.3 is 5.32 Å². The summed E-state index contributed by atoms with van der Waals surface area (Å²) in [6.07, 6.45) is 5.78. The Morgan fingerprint density at radius 3 is 2.13 bits per heavy atom. The lowest BCUT2D eigenvalue weighted by molar-refractivity contribution is -0.120. The molecule has 1 aliphatic heterocycles. The summed E-state index contributed by atoms with van der Waals surface area (Å²) < 4.78 is 0. The molecule has 1 saturated carbocycles. The molecule has 0 radical (unpaired) electrons. The molecule has 2 fully saturated rings. The van der Waals surface area contributed by atoms with Crippen LogP contribution in [0.2, 0.25) is 0 Å². The zero-order chi connectivity index (χ0) is 11.3. The minimum absolute atomic E-state index is 0.0337. The molecule has 1 saturated heterocycles. The van der Waals surface area contributed by atoms with Crippen molar-refractivity contribution in [2.75, 3.05) is 0 Å². The largest absolute Gasteiger partial charge is 0.351 e. The molecule has 1 heterocycles. The van der Waals surface area contributed by atoms with Gasteiger partial charge in [-0.1, -0.05) is 26.7 Å². The maximum atomic E-state index is 11.7. The van der Waals surface area contributed by atoms with Crippen LogP contribution >= 0.6 is 0 Å². The van der Waals surface area contributed by atoms with E-state index in [1.54, 1.807) is 0 Å². The summed E-state index contributed by atoms with van der Waals surface area (Å²) in [4.78, 5) is 11.7. The molecule has 0 bridgehead atoms. The first-order valence-corrected chi connectivity index (χ1v) is 6.12. The van der Waals surface area contributed by atoms with Gasteiger partial charge in [0.05, 0.1) is 0 Å². The minimum atomic E-state index is -0.0337. The van der Waals surface area contributed by atoms with Crippen LogP contribution in [0.1, 0.15) is 59.8 Å². The Bertz CT molecular complexity index is 293. The maximum absolute atomic E-state index is 11.7. The molecule has 1 aliphatic carbocycles. The summed E-state index contributed by atoms with van der Waals surface area (Å²) in [6, 6.07) is 0. The van der Waals surface area contributed by atoms with Crippen molar-refractivity contribution in [2.24, 2.45) is 10.8 Å². The molecule has 0 aromatic carbocycles. The van der Waals surface area contributed by atoms with Gasteiger partial charge in [-0.15, -0.1) is 0 Å². The van der Waals surface area contributed by atoms with Gasteiger partial charge in [-0.3, -0.25) is 4.79 Å². The third-order valence-corrected chi connectivity index (χ3v) is 5.06. The smallest absolute Gasteiger partial charge is 0.221 e. The number of carbonyl (C=O) groups excluding carboxylic acids is 1. The number of hydrogen-bond donors (Lipinski definition) is 1. The van der Waals surface area contributed by atoms with Crippen LogP contribution in [-0.4, -0.2) is 11.4 Å². The summed E-state index contributed by atoms with van der Waals surface area (Å²) in [5.74, 6) is 0.245. The lowest BCUT2D eigenvalue weighted by Crippen LogP contribution is -2.55. The lowest BCUT2D eigenvalue weighted by atomic mass is 9.51. The van der Waals surface area contributed by atoms with E-state index in [1.165, 1.54) is 25.7 Å². The van der Waals surface area contributed by atoms with E-state index in [4.69, 9.17) is 0 Å². The predicted molar refractivity (Wildman–Crippen MR) is 61.5 cm³/mol. The molecule has 2 heteroatoms. The molecular weight excluding hydrogens is 186 g/mol. The molecule has 1 N–H and O–H groups in total. The standard InChI is InChI=1S/C13H23NO/c1-11(2)7-5-6-8-13(11)9-10(15)14-12(13,3)4/h5-9H2,1-4H3,(H,14,15). The van der Waals surface area contributed by atoms with Gasteiger partial charge in [0.1, 0.15) is 0 Å². The zero-order valence-corrected chi connectivity index (χ0v) is 10.4. The number of amides is 1. The van der Waals surface area contributed by atoms with E-state index < -0.39 is 0 Å². The lowest BCUT2D eigenvalue weighted by Gasteiger charge is -2.54. The second-order valence-electron chi connectivity index (χ2n) is 6.52. The third kappa shape index (κ3) is 1.33. The van der Waals surface area contributed by atoms with Crippen LogP contribution < -0.4 is 5.32 Å². The van der Waals surface area contributed by atoms with Gasteiger partial charge >= 0.3 is 0 Å². The van der Waals surface area contributed by atoms with Gasteiger partial charge in [0.2, 0.25) is 5.91 Å². The van der Waals surface area contributed by atoms with Gasteiger partial charge in [-0.25, -0.2) is 0 Å². The first-order valence-electron chi connectivity index (χ1n) is 6.12. The Morgan fingerprint density at radius 1 is 1.07 bits per heavy atom. The molecule has 1 unspecified atom stereocenters. The molecule has 2 nitrogen and oxygen atoms in total. The van der Waals surface area contributed by atoms with Crippen LogP contribution in [0.5, 0.6) is 0 Å². The minimum Gasteiger partial charge on any atom is -0.351 e. The average molecular weight is 209 g/mol. The quantitative estimate of drug-likeness (QED) is 0.653. The summed E-state index contributed by atoms with van der Waals surface area (Å²) in [5.41, 5.74) is 0.428. The van der Waals surface area contributed by atoms with Gasteiger partial charge in [-0.2, -0.15) is 0 Å². The predicted octanol–water partition coefficient (Wildman–Crippen LogP) is 2.87. The Kier molecular flexibility index (Phi) is 2.19. The van der Waals surface area contributed by atoms with Crippen molar-refractivity contribution in [2.45, 2.75) is 65.3 Å². The van der Waals surface area contributed by atoms with Gasteiger partial charge in [0.15, 0.2) is 0 Å². The zero-order valence-electron chi connectivity index (χ0n) is 10.4. The number of hydrogen-bond acceptors (Lipinski definition) is 1. The number of nitrogens with one attached hydrogen (secondary N) is 1. The number of carbonyl (C=O) groups is 1. The maximum Gasteiger partial charge on any atom is 0.221 e. The van der Waals surface area contributed by atoms with E-state index in [-0.39, 0.29) is 22.3 Å². The molecular formula is C13H23NO. The summed E-state index contributed by atoms with van der Waals surface area (Å²) in [5, 5.41) is 3.17. The SMILES string of the molecule is CC1(C)CCCCC12CC(=O)NC2(C)C. The number of rotatable bonds is 0. The van der Waals surface area contributed by atoms with Crippen LogP contribution in [0.4, 0.5) is 0 Å². The second kappa shape index (κ2) is 2.99. The summed E-state index contributed by atoms with van der Waals surface area (Å²) >= 11 is 0. The fraction of sp³-hybridized carbons (Fsp3) is 0.923. The van der Waals surface area contributed by atoms with Crippen molar-refractivity contribution in [1.82, 2.24) is 5.32 Å². The first kappa shape index (κ1) is 11.0. The van der Waals surface area contributed by atoms with Crippen LogP contribution in [-0.2, 0) is 4.79 Å². The highest BCUT2D eigenvalue weighted by molar-refractivity contribution is 5.81. The third-order valence-electron chi connectivity index (χ3n) is 5.06. The van der Waals surface area contributed by atoms with E-state index in [0.29, 0.717) is 0 Å². The summed E-state index contributed by atoms with van der Waals surface area (Å²) in [6.45, 7) is 9.08. The van der Waals surface area contributed by atoms with Gasteiger partial charge in [0, 0.05) is 17.4 Å². The second-order valence-corrected chi connectivity index (χ2v) is 6.52.